The van der Waals surface area contributed by atoms with Crippen molar-refractivity contribution in [1.29, 1.82) is 0 Å². The minimum atomic E-state index is 0.255. The molecule has 0 spiro atoms. The van der Waals surface area contributed by atoms with E-state index in [1.54, 1.807) is 6.20 Å². The fraction of sp³-hybridized carbons (Fsp3) is 0.750. The van der Waals surface area contributed by atoms with Gasteiger partial charge in [-0.1, -0.05) is 19.3 Å². The number of aromatic nitrogens is 2. The first-order chi connectivity index (χ1) is 9.87. The topological polar surface area (TPSA) is 41.1 Å². The number of likely N-dealkylation sites (tertiary alicyclic amines) is 1. The van der Waals surface area contributed by atoms with E-state index in [2.05, 4.69) is 27.2 Å². The molecule has 1 atom stereocenters. The SMILES string of the molecule is CNC(c1cnccn1)C1(N2CCCCC2)CCCC1. The molecule has 1 saturated carbocycles. The van der Waals surface area contributed by atoms with Gasteiger partial charge in [0.2, 0.25) is 0 Å². The molecule has 0 aromatic carbocycles. The number of nitrogens with one attached hydrogen (secondary N) is 1. The van der Waals surface area contributed by atoms with Gasteiger partial charge in [-0.2, -0.15) is 0 Å². The third-order valence-corrected chi connectivity index (χ3v) is 5.16. The van der Waals surface area contributed by atoms with Crippen molar-refractivity contribution >= 4 is 0 Å². The summed E-state index contributed by atoms with van der Waals surface area (Å²) < 4.78 is 0. The molecule has 0 amide bonds. The van der Waals surface area contributed by atoms with Crippen LogP contribution < -0.4 is 5.32 Å². The number of likely N-dealkylation sites (N-methyl/N-ethyl adjacent to an activating group) is 1. The van der Waals surface area contributed by atoms with E-state index in [0.717, 1.165) is 5.69 Å². The molecule has 2 aliphatic rings. The second-order valence-electron chi connectivity index (χ2n) is 6.21. The van der Waals surface area contributed by atoms with Crippen molar-refractivity contribution in [1.82, 2.24) is 20.2 Å². The van der Waals surface area contributed by atoms with Crippen molar-refractivity contribution in [2.45, 2.75) is 56.5 Å². The molecule has 1 aliphatic heterocycles. The van der Waals surface area contributed by atoms with Gasteiger partial charge in [0.05, 0.1) is 17.9 Å². The summed E-state index contributed by atoms with van der Waals surface area (Å²) in [6, 6.07) is 0.303. The van der Waals surface area contributed by atoms with E-state index in [1.165, 1.54) is 58.0 Å². The highest BCUT2D eigenvalue weighted by molar-refractivity contribution is 5.15. The molecule has 4 heteroatoms. The minimum absolute atomic E-state index is 0.255. The number of hydrogen-bond donors (Lipinski definition) is 1. The number of piperidine rings is 1. The van der Waals surface area contributed by atoms with Gasteiger partial charge in [0, 0.05) is 17.9 Å². The van der Waals surface area contributed by atoms with Gasteiger partial charge in [-0.25, -0.2) is 0 Å². The van der Waals surface area contributed by atoms with Gasteiger partial charge in [-0.3, -0.25) is 14.9 Å². The Hall–Kier alpha value is -1.00. The lowest BCUT2D eigenvalue weighted by molar-refractivity contribution is 0.0370. The summed E-state index contributed by atoms with van der Waals surface area (Å²) in [5.41, 5.74) is 1.35. The van der Waals surface area contributed by atoms with Crippen molar-refractivity contribution in [2.24, 2.45) is 0 Å². The Kier molecular flexibility index (Phi) is 4.32. The highest BCUT2D eigenvalue weighted by Crippen LogP contribution is 2.44. The van der Waals surface area contributed by atoms with Gasteiger partial charge in [0.15, 0.2) is 0 Å². The monoisotopic (exact) mass is 274 g/mol. The smallest absolute Gasteiger partial charge is 0.0774 e. The van der Waals surface area contributed by atoms with Crippen LogP contribution in [0.25, 0.3) is 0 Å². The Morgan fingerprint density at radius 2 is 1.85 bits per heavy atom. The average Bonchev–Trinajstić information content (AvgIpc) is 3.01. The Labute approximate surface area is 122 Å². The van der Waals surface area contributed by atoms with Gasteiger partial charge in [-0.05, 0) is 45.8 Å². The zero-order chi connectivity index (χ0) is 13.8. The largest absolute Gasteiger partial charge is 0.310 e. The summed E-state index contributed by atoms with van der Waals surface area (Å²) in [6.07, 6.45) is 14.9. The molecular formula is C16H26N4. The predicted molar refractivity (Wildman–Crippen MR) is 80.5 cm³/mol. The minimum Gasteiger partial charge on any atom is -0.310 e. The quantitative estimate of drug-likeness (QED) is 0.916. The van der Waals surface area contributed by atoms with Gasteiger partial charge >= 0.3 is 0 Å². The fourth-order valence-electron chi connectivity index (χ4n) is 4.27. The molecule has 110 valence electrons. The second kappa shape index (κ2) is 6.19. The van der Waals surface area contributed by atoms with Crippen LogP contribution in [-0.4, -0.2) is 40.5 Å². The van der Waals surface area contributed by atoms with Gasteiger partial charge in [0.25, 0.3) is 0 Å². The second-order valence-corrected chi connectivity index (χ2v) is 6.21. The van der Waals surface area contributed by atoms with E-state index in [1.807, 2.05) is 12.4 Å². The summed E-state index contributed by atoms with van der Waals surface area (Å²) in [5, 5.41) is 3.55. The Morgan fingerprint density at radius 3 is 2.45 bits per heavy atom. The van der Waals surface area contributed by atoms with Crippen molar-refractivity contribution in [3.05, 3.63) is 24.3 Å². The molecule has 3 rings (SSSR count). The Morgan fingerprint density at radius 1 is 1.10 bits per heavy atom. The predicted octanol–water partition coefficient (Wildman–Crippen LogP) is 2.54. The molecule has 0 radical (unpaired) electrons. The highest BCUT2D eigenvalue weighted by atomic mass is 15.2. The molecular weight excluding hydrogens is 248 g/mol. The van der Waals surface area contributed by atoms with Gasteiger partial charge in [-0.15, -0.1) is 0 Å². The van der Waals surface area contributed by atoms with Crippen molar-refractivity contribution in [2.75, 3.05) is 20.1 Å². The summed E-state index contributed by atoms with van der Waals surface area (Å²) in [7, 11) is 2.07. The number of hydrogen-bond acceptors (Lipinski definition) is 4. The van der Waals surface area contributed by atoms with E-state index >= 15 is 0 Å². The van der Waals surface area contributed by atoms with Crippen LogP contribution in [0.15, 0.2) is 18.6 Å². The first-order valence-electron chi connectivity index (χ1n) is 8.05. The molecule has 2 fully saturated rings. The molecule has 0 bridgehead atoms. The fourth-order valence-corrected chi connectivity index (χ4v) is 4.27. The van der Waals surface area contributed by atoms with Gasteiger partial charge < -0.3 is 5.32 Å². The van der Waals surface area contributed by atoms with Crippen LogP contribution in [0.1, 0.15) is 56.7 Å². The van der Waals surface area contributed by atoms with Crippen LogP contribution in [0.2, 0.25) is 0 Å². The number of rotatable bonds is 4. The van der Waals surface area contributed by atoms with Crippen LogP contribution in [0, 0.1) is 0 Å². The third-order valence-electron chi connectivity index (χ3n) is 5.16. The molecule has 2 heterocycles. The van der Waals surface area contributed by atoms with E-state index in [-0.39, 0.29) is 5.54 Å². The van der Waals surface area contributed by atoms with E-state index in [9.17, 15) is 0 Å². The maximum absolute atomic E-state index is 4.58. The van der Waals surface area contributed by atoms with Crippen LogP contribution in [-0.2, 0) is 0 Å². The van der Waals surface area contributed by atoms with E-state index < -0.39 is 0 Å². The van der Waals surface area contributed by atoms with E-state index in [0.29, 0.717) is 6.04 Å². The molecule has 1 aromatic heterocycles. The lowest BCUT2D eigenvalue weighted by Crippen LogP contribution is -2.56. The standard InChI is InChI=1S/C16H26N4/c1-17-15(14-13-18-9-10-19-14)16(7-3-4-8-16)20-11-5-2-6-12-20/h9-10,13,15,17H,2-8,11-12H2,1H3. The zero-order valence-electron chi connectivity index (χ0n) is 12.5. The first kappa shape index (κ1) is 14.0. The normalized spacial score (nSPS) is 24.6. The lowest BCUT2D eigenvalue weighted by atomic mass is 9.83. The zero-order valence-corrected chi connectivity index (χ0v) is 12.5. The maximum atomic E-state index is 4.58. The molecule has 1 aliphatic carbocycles. The third kappa shape index (κ3) is 2.47. The van der Waals surface area contributed by atoms with Crippen molar-refractivity contribution in [3.8, 4) is 0 Å². The summed E-state index contributed by atoms with van der Waals surface area (Å²) in [4.78, 5) is 11.6. The molecule has 1 unspecified atom stereocenters. The maximum Gasteiger partial charge on any atom is 0.0774 e. The summed E-state index contributed by atoms with van der Waals surface area (Å²) in [5.74, 6) is 0. The Balaban J connectivity index is 1.91. The van der Waals surface area contributed by atoms with Crippen molar-refractivity contribution in [3.63, 3.8) is 0 Å². The summed E-state index contributed by atoms with van der Waals surface area (Å²) in [6.45, 7) is 2.50. The molecule has 4 nitrogen and oxygen atoms in total. The molecule has 1 saturated heterocycles. The highest BCUT2D eigenvalue weighted by Gasteiger charge is 2.46. The van der Waals surface area contributed by atoms with E-state index in [4.69, 9.17) is 0 Å². The molecule has 1 N–H and O–H groups in total. The Bertz CT molecular complexity index is 408. The van der Waals surface area contributed by atoms with Crippen LogP contribution >= 0.6 is 0 Å². The van der Waals surface area contributed by atoms with Crippen LogP contribution in [0.3, 0.4) is 0 Å². The average molecular weight is 274 g/mol. The lowest BCUT2D eigenvalue weighted by Gasteiger charge is -2.48. The van der Waals surface area contributed by atoms with Crippen LogP contribution in [0.4, 0.5) is 0 Å². The van der Waals surface area contributed by atoms with Gasteiger partial charge in [0.1, 0.15) is 0 Å². The van der Waals surface area contributed by atoms with Crippen LogP contribution in [0.5, 0.6) is 0 Å². The summed E-state index contributed by atoms with van der Waals surface area (Å²) >= 11 is 0. The molecule has 20 heavy (non-hydrogen) atoms. The number of nitrogens with zero attached hydrogens (tertiary/aromatic N) is 3. The molecule has 1 aromatic rings. The van der Waals surface area contributed by atoms with Crippen molar-refractivity contribution < 1.29 is 0 Å². The first-order valence-corrected chi connectivity index (χ1v) is 8.05.